The van der Waals surface area contributed by atoms with Gasteiger partial charge in [0.1, 0.15) is 11.4 Å². The molecule has 2 atom stereocenters. The van der Waals surface area contributed by atoms with Crippen molar-refractivity contribution in [1.82, 2.24) is 5.32 Å². The lowest BCUT2D eigenvalue weighted by Gasteiger charge is -2.19. The van der Waals surface area contributed by atoms with Crippen LogP contribution in [0.15, 0.2) is 0 Å². The van der Waals surface area contributed by atoms with Crippen molar-refractivity contribution in [2.24, 2.45) is 11.8 Å². The molecule has 0 aromatic carbocycles. The van der Waals surface area contributed by atoms with Crippen LogP contribution in [-0.4, -0.2) is 24.0 Å². The van der Waals surface area contributed by atoms with Crippen molar-refractivity contribution in [2.75, 3.05) is 6.54 Å². The average Bonchev–Trinajstić information content (AvgIpc) is 2.90. The number of Topliss-reactive ketones (excluding diaryl/α,β-unsaturated/α-hetero) is 1. The molecule has 1 saturated carbocycles. The fraction of sp³-hybridized carbons (Fsp3) is 0.833. The van der Waals surface area contributed by atoms with Crippen LogP contribution in [-0.2, 0) is 9.53 Å². The van der Waals surface area contributed by atoms with E-state index in [0.29, 0.717) is 24.7 Å². The molecule has 2 unspecified atom stereocenters. The minimum absolute atomic E-state index is 0.167. The number of ether oxygens (including phenoxy) is 1. The summed E-state index contributed by atoms with van der Waals surface area (Å²) >= 11 is 0. The van der Waals surface area contributed by atoms with Crippen LogP contribution >= 0.6 is 0 Å². The molecule has 16 heavy (non-hydrogen) atoms. The molecule has 0 spiro atoms. The van der Waals surface area contributed by atoms with Crippen LogP contribution in [0, 0.1) is 11.8 Å². The molecule has 1 N–H and O–H groups in total. The molecular weight excluding hydrogens is 206 g/mol. The second-order valence-electron chi connectivity index (χ2n) is 5.30. The zero-order valence-corrected chi connectivity index (χ0v) is 10.5. The molecule has 1 rings (SSSR count). The second-order valence-corrected chi connectivity index (χ2v) is 5.30. The van der Waals surface area contributed by atoms with Gasteiger partial charge in [-0.05, 0) is 33.1 Å². The number of amides is 1. The van der Waals surface area contributed by atoms with Gasteiger partial charge in [0.15, 0.2) is 0 Å². The molecule has 92 valence electrons. The normalized spacial score (nSPS) is 23.8. The maximum atomic E-state index is 11.3. The highest BCUT2D eigenvalue weighted by molar-refractivity contribution is 5.83. The van der Waals surface area contributed by atoms with Crippen molar-refractivity contribution >= 4 is 11.9 Å². The summed E-state index contributed by atoms with van der Waals surface area (Å²) in [6, 6.07) is 0. The Balaban J connectivity index is 2.18. The lowest BCUT2D eigenvalue weighted by Crippen LogP contribution is -2.33. The molecule has 0 radical (unpaired) electrons. The summed E-state index contributed by atoms with van der Waals surface area (Å²) in [6.07, 6.45) is 1.10. The molecule has 1 aliphatic rings. The maximum Gasteiger partial charge on any atom is 0.407 e. The molecule has 0 aromatic heterocycles. The zero-order valence-electron chi connectivity index (χ0n) is 10.5. The van der Waals surface area contributed by atoms with E-state index in [1.54, 1.807) is 0 Å². The molecule has 1 aliphatic carbocycles. The molecule has 1 amide bonds. The molecule has 1 fully saturated rings. The van der Waals surface area contributed by atoms with Gasteiger partial charge in [0.05, 0.1) is 0 Å². The van der Waals surface area contributed by atoms with Gasteiger partial charge in [-0.1, -0.05) is 6.92 Å². The van der Waals surface area contributed by atoms with Crippen LogP contribution in [0.5, 0.6) is 0 Å². The molecule has 0 bridgehead atoms. The number of hydrogen-bond acceptors (Lipinski definition) is 3. The van der Waals surface area contributed by atoms with Crippen molar-refractivity contribution in [3.8, 4) is 0 Å². The van der Waals surface area contributed by atoms with Gasteiger partial charge in [-0.3, -0.25) is 4.79 Å². The van der Waals surface area contributed by atoms with E-state index in [1.807, 2.05) is 27.7 Å². The van der Waals surface area contributed by atoms with E-state index in [2.05, 4.69) is 5.32 Å². The third-order valence-corrected chi connectivity index (χ3v) is 2.59. The minimum Gasteiger partial charge on any atom is -0.444 e. The van der Waals surface area contributed by atoms with Crippen molar-refractivity contribution in [1.29, 1.82) is 0 Å². The molecular formula is C12H21NO3. The number of ketones is 1. The fourth-order valence-corrected chi connectivity index (χ4v) is 1.66. The van der Waals surface area contributed by atoms with E-state index in [9.17, 15) is 9.59 Å². The first kappa shape index (κ1) is 13.0. The number of carbonyl (C=O) groups excluding carboxylic acids is 2. The number of hydrogen-bond donors (Lipinski definition) is 1. The molecule has 0 aliphatic heterocycles. The van der Waals surface area contributed by atoms with Crippen LogP contribution in [0.1, 0.15) is 40.5 Å². The third kappa shape index (κ3) is 4.21. The van der Waals surface area contributed by atoms with E-state index >= 15 is 0 Å². The van der Waals surface area contributed by atoms with E-state index < -0.39 is 11.7 Å². The maximum absolute atomic E-state index is 11.3. The Bertz CT molecular complexity index is 280. The van der Waals surface area contributed by atoms with Crippen molar-refractivity contribution in [3.05, 3.63) is 0 Å². The van der Waals surface area contributed by atoms with Gasteiger partial charge in [-0.25, -0.2) is 4.79 Å². The van der Waals surface area contributed by atoms with Crippen LogP contribution in [0.25, 0.3) is 0 Å². The van der Waals surface area contributed by atoms with Gasteiger partial charge in [-0.2, -0.15) is 0 Å². The number of alkyl carbamates (subject to hydrolysis) is 1. The van der Waals surface area contributed by atoms with Gasteiger partial charge in [-0.15, -0.1) is 0 Å². The summed E-state index contributed by atoms with van der Waals surface area (Å²) in [6.45, 7) is 7.90. The Labute approximate surface area is 96.7 Å². The first-order valence-electron chi connectivity index (χ1n) is 5.83. The van der Waals surface area contributed by atoms with E-state index in [4.69, 9.17) is 4.74 Å². The lowest BCUT2D eigenvalue weighted by atomic mass is 10.2. The predicted molar refractivity (Wildman–Crippen MR) is 61.1 cm³/mol. The molecule has 4 heteroatoms. The van der Waals surface area contributed by atoms with E-state index in [0.717, 1.165) is 6.42 Å². The highest BCUT2D eigenvalue weighted by atomic mass is 16.6. The monoisotopic (exact) mass is 227 g/mol. The quantitative estimate of drug-likeness (QED) is 0.800. The van der Waals surface area contributed by atoms with E-state index in [-0.39, 0.29) is 5.92 Å². The summed E-state index contributed by atoms with van der Waals surface area (Å²) in [4.78, 5) is 22.6. The minimum atomic E-state index is -0.466. The number of carbonyl (C=O) groups is 2. The van der Waals surface area contributed by atoms with Gasteiger partial charge < -0.3 is 10.1 Å². The van der Waals surface area contributed by atoms with Gasteiger partial charge in [0.2, 0.25) is 0 Å². The van der Waals surface area contributed by atoms with Crippen LogP contribution < -0.4 is 5.32 Å². The first-order valence-corrected chi connectivity index (χ1v) is 5.83. The Morgan fingerprint density at radius 3 is 2.50 bits per heavy atom. The number of rotatable bonds is 4. The highest BCUT2D eigenvalue weighted by Crippen LogP contribution is 2.39. The molecule has 0 heterocycles. The average molecular weight is 227 g/mol. The third-order valence-electron chi connectivity index (χ3n) is 2.59. The summed E-state index contributed by atoms with van der Waals surface area (Å²) < 4.78 is 5.10. The molecule has 0 saturated heterocycles. The fourth-order valence-electron chi connectivity index (χ4n) is 1.66. The highest BCUT2D eigenvalue weighted by Gasteiger charge is 2.41. The summed E-state index contributed by atoms with van der Waals surface area (Å²) in [7, 11) is 0. The topological polar surface area (TPSA) is 55.4 Å². The molecule has 4 nitrogen and oxygen atoms in total. The van der Waals surface area contributed by atoms with Crippen LogP contribution in [0.2, 0.25) is 0 Å². The summed E-state index contributed by atoms with van der Waals surface area (Å²) in [5.74, 6) is 0.788. The summed E-state index contributed by atoms with van der Waals surface area (Å²) in [5.41, 5.74) is -0.466. The Morgan fingerprint density at radius 2 is 2.00 bits per heavy atom. The molecule has 0 aromatic rings. The van der Waals surface area contributed by atoms with Crippen LogP contribution in [0.3, 0.4) is 0 Å². The van der Waals surface area contributed by atoms with Crippen molar-refractivity contribution in [2.45, 2.75) is 46.1 Å². The second kappa shape index (κ2) is 4.85. The largest absolute Gasteiger partial charge is 0.444 e. The van der Waals surface area contributed by atoms with Crippen molar-refractivity contribution in [3.63, 3.8) is 0 Å². The summed E-state index contributed by atoms with van der Waals surface area (Å²) in [5, 5.41) is 2.70. The SMILES string of the molecule is CCC(=O)C1CC1CNC(=O)OC(C)(C)C. The lowest BCUT2D eigenvalue weighted by molar-refractivity contribution is -0.120. The van der Waals surface area contributed by atoms with Crippen molar-refractivity contribution < 1.29 is 14.3 Å². The number of nitrogens with one attached hydrogen (secondary N) is 1. The predicted octanol–water partition coefficient (Wildman–Crippen LogP) is 2.13. The Morgan fingerprint density at radius 1 is 1.38 bits per heavy atom. The van der Waals surface area contributed by atoms with Gasteiger partial charge in [0, 0.05) is 18.9 Å². The van der Waals surface area contributed by atoms with E-state index in [1.165, 1.54) is 0 Å². The standard InChI is InChI=1S/C12H21NO3/c1-5-10(14)9-6-8(9)7-13-11(15)16-12(2,3)4/h8-9H,5-7H2,1-4H3,(H,13,15). The van der Waals surface area contributed by atoms with Gasteiger partial charge >= 0.3 is 6.09 Å². The Hall–Kier alpha value is -1.06. The van der Waals surface area contributed by atoms with Gasteiger partial charge in [0.25, 0.3) is 0 Å². The van der Waals surface area contributed by atoms with Crippen LogP contribution in [0.4, 0.5) is 4.79 Å². The smallest absolute Gasteiger partial charge is 0.407 e. The zero-order chi connectivity index (χ0) is 12.3. The Kier molecular flexibility index (Phi) is 3.94. The first-order chi connectivity index (χ1) is 7.33.